The number of nitrogens with zero attached hydrogens (tertiary/aromatic N) is 2. The van der Waals surface area contributed by atoms with Gasteiger partial charge < -0.3 is 9.84 Å². The number of aromatic amines is 1. The molecule has 0 amide bonds. The van der Waals surface area contributed by atoms with E-state index < -0.39 is 6.10 Å². The lowest BCUT2D eigenvalue weighted by molar-refractivity contribution is 0.191. The van der Waals surface area contributed by atoms with Gasteiger partial charge in [0.25, 0.3) is 0 Å². The van der Waals surface area contributed by atoms with Crippen molar-refractivity contribution in [2.75, 3.05) is 7.11 Å². The highest BCUT2D eigenvalue weighted by molar-refractivity contribution is 7.99. The van der Waals surface area contributed by atoms with Gasteiger partial charge in [0.05, 0.1) is 13.2 Å². The first-order chi connectivity index (χ1) is 8.61. The van der Waals surface area contributed by atoms with Crippen molar-refractivity contribution < 1.29 is 9.84 Å². The summed E-state index contributed by atoms with van der Waals surface area (Å²) in [4.78, 5) is 5.13. The van der Waals surface area contributed by atoms with E-state index in [4.69, 9.17) is 4.74 Å². The summed E-state index contributed by atoms with van der Waals surface area (Å²) in [6.07, 6.45) is -0.608. The highest BCUT2D eigenvalue weighted by atomic mass is 32.2. The minimum absolute atomic E-state index is 0.608. The zero-order valence-corrected chi connectivity index (χ0v) is 11.3. The van der Waals surface area contributed by atoms with E-state index in [1.807, 2.05) is 25.1 Å². The molecule has 2 aromatic rings. The summed E-state index contributed by atoms with van der Waals surface area (Å²) in [5.41, 5.74) is 0.757. The van der Waals surface area contributed by atoms with Crippen molar-refractivity contribution in [2.24, 2.45) is 0 Å². The molecule has 0 saturated heterocycles. The molecule has 0 spiro atoms. The molecule has 1 aromatic heterocycles. The van der Waals surface area contributed by atoms with E-state index in [1.54, 1.807) is 14.0 Å². The highest BCUT2D eigenvalue weighted by Crippen LogP contribution is 2.36. The van der Waals surface area contributed by atoms with Crippen LogP contribution in [0.25, 0.3) is 0 Å². The fraction of sp³-hybridized carbons (Fsp3) is 0.333. The quantitative estimate of drug-likeness (QED) is 0.887. The number of ether oxygens (including phenoxy) is 1. The summed E-state index contributed by atoms with van der Waals surface area (Å²) < 4.78 is 5.27. The number of hydrogen-bond donors (Lipinski definition) is 2. The fourth-order valence-electron chi connectivity index (χ4n) is 1.67. The Morgan fingerprint density at radius 2 is 2.22 bits per heavy atom. The maximum absolute atomic E-state index is 9.86. The molecule has 96 valence electrons. The first-order valence-corrected chi connectivity index (χ1v) is 6.35. The zero-order valence-electron chi connectivity index (χ0n) is 10.5. The molecule has 1 heterocycles. The lowest BCUT2D eigenvalue weighted by Crippen LogP contribution is -1.99. The number of hydrogen-bond acceptors (Lipinski definition) is 5. The summed E-state index contributed by atoms with van der Waals surface area (Å²) in [6, 6.07) is 5.63. The van der Waals surface area contributed by atoms with Gasteiger partial charge in [-0.05, 0) is 37.7 Å². The number of aromatic nitrogens is 3. The van der Waals surface area contributed by atoms with Crippen molar-refractivity contribution in [3.05, 3.63) is 29.6 Å². The van der Waals surface area contributed by atoms with Gasteiger partial charge in [0.15, 0.2) is 0 Å². The molecule has 0 unspecified atom stereocenters. The summed E-state index contributed by atoms with van der Waals surface area (Å²) in [5.74, 6) is 1.43. The maximum Gasteiger partial charge on any atom is 0.213 e. The molecule has 0 radical (unpaired) electrons. The van der Waals surface area contributed by atoms with E-state index in [0.29, 0.717) is 10.9 Å². The molecule has 0 aliphatic heterocycles. The molecule has 1 aromatic carbocycles. The molecule has 0 aliphatic rings. The molecule has 18 heavy (non-hydrogen) atoms. The SMILES string of the molecule is COc1cccc(Sc2n[nH]c(C)n2)c1[C@H](C)O. The third-order valence-electron chi connectivity index (χ3n) is 2.44. The van der Waals surface area contributed by atoms with Gasteiger partial charge in [-0.2, -0.15) is 0 Å². The minimum Gasteiger partial charge on any atom is -0.496 e. The summed E-state index contributed by atoms with van der Waals surface area (Å²) in [6.45, 7) is 3.56. The van der Waals surface area contributed by atoms with Crippen LogP contribution in [0.4, 0.5) is 0 Å². The Balaban J connectivity index is 2.37. The standard InChI is InChI=1S/C12H15N3O2S/c1-7(16)11-9(17-3)5-4-6-10(11)18-12-13-8(2)14-15-12/h4-7,16H,1-3H3,(H,13,14,15)/t7-/m0/s1. The number of rotatable bonds is 4. The number of aliphatic hydroxyl groups is 1. The number of nitrogens with one attached hydrogen (secondary N) is 1. The van der Waals surface area contributed by atoms with Crippen LogP contribution in [-0.4, -0.2) is 27.4 Å². The topological polar surface area (TPSA) is 71.0 Å². The van der Waals surface area contributed by atoms with E-state index in [0.717, 1.165) is 16.3 Å². The Hall–Kier alpha value is -1.53. The van der Waals surface area contributed by atoms with Crippen LogP contribution in [0.15, 0.2) is 28.3 Å². The van der Waals surface area contributed by atoms with E-state index in [-0.39, 0.29) is 0 Å². The van der Waals surface area contributed by atoms with Crippen molar-refractivity contribution >= 4 is 11.8 Å². The third-order valence-corrected chi connectivity index (χ3v) is 3.38. The van der Waals surface area contributed by atoms with Crippen molar-refractivity contribution in [3.63, 3.8) is 0 Å². The number of H-pyrrole nitrogens is 1. The fourth-order valence-corrected chi connectivity index (χ4v) is 2.67. The van der Waals surface area contributed by atoms with Gasteiger partial charge in [0.2, 0.25) is 5.16 Å². The Bertz CT molecular complexity index is 540. The average Bonchev–Trinajstić information content (AvgIpc) is 2.74. The van der Waals surface area contributed by atoms with E-state index in [2.05, 4.69) is 15.2 Å². The molecule has 6 heteroatoms. The molecule has 0 bridgehead atoms. The third kappa shape index (κ3) is 2.65. The Morgan fingerprint density at radius 3 is 2.78 bits per heavy atom. The Morgan fingerprint density at radius 1 is 1.44 bits per heavy atom. The highest BCUT2D eigenvalue weighted by Gasteiger charge is 2.16. The molecule has 0 fully saturated rings. The first kappa shape index (κ1) is 12.9. The molecular weight excluding hydrogens is 250 g/mol. The molecule has 2 N–H and O–H groups in total. The summed E-state index contributed by atoms with van der Waals surface area (Å²) >= 11 is 1.40. The van der Waals surface area contributed by atoms with E-state index >= 15 is 0 Å². The lowest BCUT2D eigenvalue weighted by Gasteiger charge is -2.14. The summed E-state index contributed by atoms with van der Waals surface area (Å²) in [7, 11) is 1.59. The van der Waals surface area contributed by atoms with Crippen LogP contribution in [-0.2, 0) is 0 Å². The second kappa shape index (κ2) is 5.41. The summed E-state index contributed by atoms with van der Waals surface area (Å²) in [5, 5.41) is 17.3. The predicted octanol–water partition coefficient (Wildman–Crippen LogP) is 2.33. The second-order valence-electron chi connectivity index (χ2n) is 3.85. The Kier molecular flexibility index (Phi) is 3.88. The normalized spacial score (nSPS) is 12.4. The zero-order chi connectivity index (χ0) is 13.1. The largest absolute Gasteiger partial charge is 0.496 e. The van der Waals surface area contributed by atoms with Crippen LogP contribution < -0.4 is 4.74 Å². The van der Waals surface area contributed by atoms with Gasteiger partial charge in [-0.15, -0.1) is 5.10 Å². The number of aryl methyl sites for hydroxylation is 1. The molecule has 0 aliphatic carbocycles. The number of benzene rings is 1. The van der Waals surface area contributed by atoms with Crippen molar-refractivity contribution in [2.45, 2.75) is 30.0 Å². The molecule has 0 saturated carbocycles. The van der Waals surface area contributed by atoms with Crippen molar-refractivity contribution in [3.8, 4) is 5.75 Å². The Labute approximate surface area is 110 Å². The van der Waals surface area contributed by atoms with Gasteiger partial charge in [-0.3, -0.25) is 5.10 Å². The first-order valence-electron chi connectivity index (χ1n) is 5.53. The smallest absolute Gasteiger partial charge is 0.213 e. The minimum atomic E-state index is -0.608. The maximum atomic E-state index is 9.86. The van der Waals surface area contributed by atoms with Gasteiger partial charge in [-0.25, -0.2) is 4.98 Å². The van der Waals surface area contributed by atoms with Crippen LogP contribution in [0.2, 0.25) is 0 Å². The van der Waals surface area contributed by atoms with Gasteiger partial charge in [0.1, 0.15) is 11.6 Å². The molecule has 1 atom stereocenters. The number of methoxy groups -OCH3 is 1. The monoisotopic (exact) mass is 265 g/mol. The number of aliphatic hydroxyl groups excluding tert-OH is 1. The van der Waals surface area contributed by atoms with Crippen LogP contribution in [0.1, 0.15) is 24.4 Å². The van der Waals surface area contributed by atoms with Gasteiger partial charge in [0, 0.05) is 10.5 Å². The van der Waals surface area contributed by atoms with Crippen LogP contribution in [0.5, 0.6) is 5.75 Å². The van der Waals surface area contributed by atoms with Gasteiger partial charge >= 0.3 is 0 Å². The van der Waals surface area contributed by atoms with Gasteiger partial charge in [-0.1, -0.05) is 6.07 Å². The molecule has 5 nitrogen and oxygen atoms in total. The van der Waals surface area contributed by atoms with E-state index in [1.165, 1.54) is 11.8 Å². The lowest BCUT2D eigenvalue weighted by atomic mass is 10.1. The average molecular weight is 265 g/mol. The van der Waals surface area contributed by atoms with Crippen molar-refractivity contribution in [1.82, 2.24) is 15.2 Å². The predicted molar refractivity (Wildman–Crippen MR) is 68.9 cm³/mol. The van der Waals surface area contributed by atoms with Crippen LogP contribution >= 0.6 is 11.8 Å². The van der Waals surface area contributed by atoms with Crippen LogP contribution in [0.3, 0.4) is 0 Å². The van der Waals surface area contributed by atoms with E-state index in [9.17, 15) is 5.11 Å². The van der Waals surface area contributed by atoms with Crippen molar-refractivity contribution in [1.29, 1.82) is 0 Å². The second-order valence-corrected chi connectivity index (χ2v) is 4.86. The van der Waals surface area contributed by atoms with Crippen LogP contribution in [0, 0.1) is 6.92 Å². The molecular formula is C12H15N3O2S. The molecule has 2 rings (SSSR count).